The number of aromatic nitrogens is 3. The van der Waals surface area contributed by atoms with Gasteiger partial charge in [0.2, 0.25) is 5.91 Å². The van der Waals surface area contributed by atoms with E-state index in [1.165, 1.54) is 0 Å². The summed E-state index contributed by atoms with van der Waals surface area (Å²) >= 11 is 6.21. The molecule has 204 valence electrons. The summed E-state index contributed by atoms with van der Waals surface area (Å²) in [6, 6.07) is 16.9. The molecular weight excluding hydrogens is 526 g/mol. The number of aliphatic imine (C=N–C) groups is 1. The van der Waals surface area contributed by atoms with Crippen molar-refractivity contribution in [3.8, 4) is 5.88 Å². The fourth-order valence-electron chi connectivity index (χ4n) is 5.05. The Hall–Kier alpha value is -4.18. The highest BCUT2D eigenvalue weighted by atomic mass is 35.5. The number of carbonyl (C=O) groups is 1. The highest BCUT2D eigenvalue weighted by Crippen LogP contribution is 2.33. The van der Waals surface area contributed by atoms with Gasteiger partial charge in [-0.1, -0.05) is 17.7 Å². The van der Waals surface area contributed by atoms with Crippen LogP contribution < -0.4 is 4.90 Å². The Morgan fingerprint density at radius 1 is 1.10 bits per heavy atom. The number of fused-ring (bicyclic) bond motifs is 2. The molecule has 2 N–H and O–H groups in total. The zero-order valence-corrected chi connectivity index (χ0v) is 23.1. The summed E-state index contributed by atoms with van der Waals surface area (Å²) in [5.74, 6) is 0.0603. The molecule has 9 nitrogen and oxygen atoms in total. The fraction of sp³-hybridized carbons (Fsp3) is 0.233. The Morgan fingerprint density at radius 3 is 2.65 bits per heavy atom. The van der Waals surface area contributed by atoms with Crippen LogP contribution in [0.15, 0.2) is 78.2 Å². The lowest BCUT2D eigenvalue weighted by Gasteiger charge is -2.32. The molecule has 2 aromatic carbocycles. The third-order valence-corrected chi connectivity index (χ3v) is 7.68. The van der Waals surface area contributed by atoms with Crippen molar-refractivity contribution in [2.45, 2.75) is 0 Å². The molecule has 0 spiro atoms. The Kier molecular flexibility index (Phi) is 7.02. The summed E-state index contributed by atoms with van der Waals surface area (Å²) in [4.78, 5) is 31.5. The first-order valence-electron chi connectivity index (χ1n) is 13.2. The van der Waals surface area contributed by atoms with Crippen LogP contribution in [-0.4, -0.2) is 87.7 Å². The van der Waals surface area contributed by atoms with Crippen LogP contribution in [0.3, 0.4) is 0 Å². The SMILES string of the molecule is CN1CCN(CC(=O)N(C)c2ccc(N=C(c3ccc4nccn4c3)c3c(O)[nH]c4cc(Cl)ccc34)cc2)CC1. The number of anilines is 1. The molecule has 10 heteroatoms. The largest absolute Gasteiger partial charge is 0.494 e. The van der Waals surface area contributed by atoms with Crippen LogP contribution in [0, 0.1) is 0 Å². The van der Waals surface area contributed by atoms with E-state index in [4.69, 9.17) is 16.6 Å². The second-order valence-electron chi connectivity index (χ2n) is 10.2. The standard InChI is InChI=1S/C30H30ClN7O2/c1-35-13-15-37(16-14-35)19-27(39)36(2)23-7-5-22(6-8-23)33-29(20-3-10-26-32-11-12-38(26)18-20)28-24-9-4-21(31)17-25(24)34-30(28)40/h3-12,17-18,34,40H,13-16,19H2,1-2H3. The van der Waals surface area contributed by atoms with Crippen LogP contribution in [-0.2, 0) is 4.79 Å². The number of rotatable bonds is 6. The number of H-pyrrole nitrogens is 1. The number of halogens is 1. The Morgan fingerprint density at radius 2 is 1.88 bits per heavy atom. The van der Waals surface area contributed by atoms with Crippen molar-refractivity contribution in [2.75, 3.05) is 51.7 Å². The van der Waals surface area contributed by atoms with Crippen LogP contribution in [0.4, 0.5) is 11.4 Å². The Bertz CT molecular complexity index is 1720. The van der Waals surface area contributed by atoms with Crippen LogP contribution in [0.5, 0.6) is 5.88 Å². The first-order valence-corrected chi connectivity index (χ1v) is 13.5. The van der Waals surface area contributed by atoms with Gasteiger partial charge < -0.3 is 24.3 Å². The van der Waals surface area contributed by atoms with E-state index in [-0.39, 0.29) is 11.8 Å². The molecule has 0 atom stereocenters. The van der Waals surface area contributed by atoms with Crippen LogP contribution >= 0.6 is 11.6 Å². The summed E-state index contributed by atoms with van der Waals surface area (Å²) in [5, 5.41) is 12.4. The normalized spacial score (nSPS) is 15.2. The number of hydrogen-bond donors (Lipinski definition) is 2. The van der Waals surface area contributed by atoms with Crippen molar-refractivity contribution in [3.05, 3.63) is 89.3 Å². The van der Waals surface area contributed by atoms with Gasteiger partial charge in [0.25, 0.3) is 0 Å². The highest BCUT2D eigenvalue weighted by Gasteiger charge is 2.21. The van der Waals surface area contributed by atoms with Crippen LogP contribution in [0.1, 0.15) is 11.1 Å². The first kappa shape index (κ1) is 26.1. The number of aromatic amines is 1. The number of imidazole rings is 1. The van der Waals surface area contributed by atoms with Gasteiger partial charge in [-0.3, -0.25) is 9.69 Å². The topological polar surface area (TPSA) is 92.5 Å². The van der Waals surface area contributed by atoms with Crippen molar-refractivity contribution in [3.63, 3.8) is 0 Å². The van der Waals surface area contributed by atoms with E-state index in [9.17, 15) is 9.90 Å². The lowest BCUT2D eigenvalue weighted by Crippen LogP contribution is -2.48. The summed E-state index contributed by atoms with van der Waals surface area (Å²) in [6.45, 7) is 4.13. The number of nitrogens with zero attached hydrogens (tertiary/aromatic N) is 6. The van der Waals surface area contributed by atoms with Crippen LogP contribution in [0.25, 0.3) is 16.6 Å². The van der Waals surface area contributed by atoms with Gasteiger partial charge in [-0.05, 0) is 55.6 Å². The molecule has 0 radical (unpaired) electrons. The number of likely N-dealkylation sites (N-methyl/N-ethyl adjacent to an activating group) is 2. The number of aromatic hydroxyl groups is 1. The highest BCUT2D eigenvalue weighted by molar-refractivity contribution is 6.31. The molecule has 3 aromatic heterocycles. The molecular formula is C30H30ClN7O2. The van der Waals surface area contributed by atoms with E-state index >= 15 is 0 Å². The van der Waals surface area contributed by atoms with Gasteiger partial charge in [-0.15, -0.1) is 0 Å². The number of piperazine rings is 1. The molecule has 1 amide bonds. The molecule has 1 aliphatic heterocycles. The maximum Gasteiger partial charge on any atom is 0.240 e. The molecule has 6 rings (SSSR count). The van der Waals surface area contributed by atoms with Crippen molar-refractivity contribution < 1.29 is 9.90 Å². The minimum absolute atomic E-state index is 0.00704. The molecule has 1 fully saturated rings. The van der Waals surface area contributed by atoms with E-state index in [1.807, 2.05) is 59.3 Å². The zero-order chi connectivity index (χ0) is 27.8. The van der Waals surface area contributed by atoms with Crippen molar-refractivity contribution in [1.29, 1.82) is 0 Å². The van der Waals surface area contributed by atoms with E-state index in [2.05, 4.69) is 26.8 Å². The summed E-state index contributed by atoms with van der Waals surface area (Å²) in [6.07, 6.45) is 5.55. The average Bonchev–Trinajstić information content (AvgIpc) is 3.55. The van der Waals surface area contributed by atoms with Crippen molar-refractivity contribution >= 4 is 51.1 Å². The maximum atomic E-state index is 13.0. The lowest BCUT2D eigenvalue weighted by atomic mass is 10.0. The van der Waals surface area contributed by atoms with E-state index in [1.54, 1.807) is 30.3 Å². The number of hydrogen-bond acceptors (Lipinski definition) is 6. The van der Waals surface area contributed by atoms with Crippen molar-refractivity contribution in [1.82, 2.24) is 24.2 Å². The van der Waals surface area contributed by atoms with Crippen LogP contribution in [0.2, 0.25) is 5.02 Å². The predicted octanol–water partition coefficient (Wildman–Crippen LogP) is 4.55. The average molecular weight is 556 g/mol. The number of benzene rings is 2. The summed E-state index contributed by atoms with van der Waals surface area (Å²) in [5.41, 5.74) is 4.99. The Balaban J connectivity index is 1.33. The molecule has 0 bridgehead atoms. The third-order valence-electron chi connectivity index (χ3n) is 7.45. The fourth-order valence-corrected chi connectivity index (χ4v) is 5.22. The molecule has 1 saturated heterocycles. The second kappa shape index (κ2) is 10.8. The molecule has 0 unspecified atom stereocenters. The van der Waals surface area contributed by atoms with Gasteiger partial charge in [-0.25, -0.2) is 9.98 Å². The molecule has 5 aromatic rings. The van der Waals surface area contributed by atoms with Gasteiger partial charge in [0.15, 0.2) is 5.88 Å². The minimum atomic E-state index is 0.00704. The lowest BCUT2D eigenvalue weighted by molar-refractivity contribution is -0.119. The number of amides is 1. The van der Waals surface area contributed by atoms with E-state index in [0.29, 0.717) is 34.0 Å². The van der Waals surface area contributed by atoms with Crippen molar-refractivity contribution in [2.24, 2.45) is 4.99 Å². The quantitative estimate of drug-likeness (QED) is 0.300. The Labute approximate surface area is 236 Å². The smallest absolute Gasteiger partial charge is 0.240 e. The van der Waals surface area contributed by atoms with Gasteiger partial charge in [0.1, 0.15) is 5.65 Å². The molecule has 0 aliphatic carbocycles. The zero-order valence-electron chi connectivity index (χ0n) is 22.4. The monoisotopic (exact) mass is 555 g/mol. The van der Waals surface area contributed by atoms with E-state index in [0.717, 1.165) is 48.5 Å². The number of nitrogens with one attached hydrogen (secondary N) is 1. The summed E-state index contributed by atoms with van der Waals surface area (Å²) < 4.78 is 1.91. The van der Waals surface area contributed by atoms with Gasteiger partial charge in [0.05, 0.1) is 29.0 Å². The molecule has 0 saturated carbocycles. The number of carbonyl (C=O) groups excluding carboxylic acids is 1. The number of pyridine rings is 1. The molecule has 4 heterocycles. The predicted molar refractivity (Wildman–Crippen MR) is 159 cm³/mol. The van der Waals surface area contributed by atoms with Gasteiger partial charge in [-0.2, -0.15) is 0 Å². The van der Waals surface area contributed by atoms with E-state index < -0.39 is 0 Å². The van der Waals surface area contributed by atoms with Gasteiger partial charge >= 0.3 is 0 Å². The molecule has 40 heavy (non-hydrogen) atoms. The summed E-state index contributed by atoms with van der Waals surface area (Å²) in [7, 11) is 3.91. The minimum Gasteiger partial charge on any atom is -0.494 e. The van der Waals surface area contributed by atoms with Gasteiger partial charge in [0, 0.05) is 73.5 Å². The second-order valence-corrected chi connectivity index (χ2v) is 10.6. The first-order chi connectivity index (χ1) is 19.4. The maximum absolute atomic E-state index is 13.0. The molecule has 1 aliphatic rings. The third kappa shape index (κ3) is 5.19.